The Balaban J connectivity index is 1.65. The van der Waals surface area contributed by atoms with Gasteiger partial charge in [-0.15, -0.1) is 0 Å². The highest BCUT2D eigenvalue weighted by Gasteiger charge is 2.06. The number of nitrogens with one attached hydrogen (secondary N) is 1. The van der Waals surface area contributed by atoms with Crippen molar-refractivity contribution in [2.75, 3.05) is 5.32 Å². The Kier molecular flexibility index (Phi) is 4.30. The highest BCUT2D eigenvalue weighted by Crippen LogP contribution is 2.32. The summed E-state index contributed by atoms with van der Waals surface area (Å²) >= 11 is 0. The van der Waals surface area contributed by atoms with Gasteiger partial charge in [-0.25, -0.2) is 0 Å². The van der Waals surface area contributed by atoms with Gasteiger partial charge in [-0.3, -0.25) is 0 Å². The first kappa shape index (κ1) is 15.2. The van der Waals surface area contributed by atoms with Crippen LogP contribution in [0.3, 0.4) is 0 Å². The number of rotatable bonds is 4. The molecule has 1 heteroatoms. The zero-order chi connectivity index (χ0) is 16.9. The molecule has 0 radical (unpaired) electrons. The smallest absolute Gasteiger partial charge is 0.0384 e. The SMILES string of the molecule is c1ccc(Nc2ccc(-c3ccccc3-c3ccccc3)cc2)cc1. The number of anilines is 2. The summed E-state index contributed by atoms with van der Waals surface area (Å²) in [4.78, 5) is 0. The van der Waals surface area contributed by atoms with Crippen LogP contribution in [0.1, 0.15) is 0 Å². The number of hydrogen-bond donors (Lipinski definition) is 1. The van der Waals surface area contributed by atoms with Gasteiger partial charge in [-0.1, -0.05) is 84.9 Å². The van der Waals surface area contributed by atoms with Crippen molar-refractivity contribution in [2.45, 2.75) is 0 Å². The molecule has 120 valence electrons. The molecule has 0 aliphatic heterocycles. The quantitative estimate of drug-likeness (QED) is 0.437. The lowest BCUT2D eigenvalue weighted by Gasteiger charge is -2.11. The lowest BCUT2D eigenvalue weighted by Crippen LogP contribution is -1.90. The summed E-state index contributed by atoms with van der Waals surface area (Å²) in [5.74, 6) is 0. The summed E-state index contributed by atoms with van der Waals surface area (Å²) in [6.07, 6.45) is 0. The van der Waals surface area contributed by atoms with Crippen molar-refractivity contribution >= 4 is 11.4 Å². The normalized spacial score (nSPS) is 10.4. The summed E-state index contributed by atoms with van der Waals surface area (Å²) in [6.45, 7) is 0. The maximum absolute atomic E-state index is 3.43. The van der Waals surface area contributed by atoms with Crippen molar-refractivity contribution in [2.24, 2.45) is 0 Å². The van der Waals surface area contributed by atoms with Gasteiger partial charge in [0.25, 0.3) is 0 Å². The minimum atomic E-state index is 1.09. The Hall–Kier alpha value is -3.32. The van der Waals surface area contributed by atoms with Crippen LogP contribution >= 0.6 is 0 Å². The molecule has 4 aromatic carbocycles. The van der Waals surface area contributed by atoms with Gasteiger partial charge >= 0.3 is 0 Å². The zero-order valence-electron chi connectivity index (χ0n) is 13.9. The Morgan fingerprint density at radius 3 is 1.40 bits per heavy atom. The molecule has 0 atom stereocenters. The van der Waals surface area contributed by atoms with Crippen molar-refractivity contribution in [3.63, 3.8) is 0 Å². The first-order valence-electron chi connectivity index (χ1n) is 8.47. The summed E-state index contributed by atoms with van der Waals surface area (Å²) in [5, 5.41) is 3.43. The lowest BCUT2D eigenvalue weighted by atomic mass is 9.94. The summed E-state index contributed by atoms with van der Waals surface area (Å²) in [6, 6.07) is 37.9. The maximum atomic E-state index is 3.43. The van der Waals surface area contributed by atoms with E-state index >= 15 is 0 Å². The number of para-hydroxylation sites is 1. The maximum Gasteiger partial charge on any atom is 0.0384 e. The van der Waals surface area contributed by atoms with Crippen molar-refractivity contribution in [1.29, 1.82) is 0 Å². The van der Waals surface area contributed by atoms with Gasteiger partial charge in [-0.2, -0.15) is 0 Å². The van der Waals surface area contributed by atoms with Crippen LogP contribution in [0, 0.1) is 0 Å². The second-order valence-electron chi connectivity index (χ2n) is 5.98. The van der Waals surface area contributed by atoms with E-state index in [1.807, 2.05) is 18.2 Å². The molecule has 0 amide bonds. The Morgan fingerprint density at radius 1 is 0.360 bits per heavy atom. The van der Waals surface area contributed by atoms with E-state index in [9.17, 15) is 0 Å². The molecule has 0 bridgehead atoms. The minimum absolute atomic E-state index is 1.09. The standard InChI is InChI=1S/C24H19N/c1-3-9-19(10-4-1)23-13-7-8-14-24(23)20-15-17-22(18-16-20)25-21-11-5-2-6-12-21/h1-18,25H. The Bertz CT molecular complexity index is 942. The van der Waals surface area contributed by atoms with E-state index in [4.69, 9.17) is 0 Å². The minimum Gasteiger partial charge on any atom is -0.356 e. The average molecular weight is 321 g/mol. The van der Waals surface area contributed by atoms with Crippen LogP contribution in [0.5, 0.6) is 0 Å². The van der Waals surface area contributed by atoms with Gasteiger partial charge in [0, 0.05) is 11.4 Å². The summed E-state index contributed by atoms with van der Waals surface area (Å²) in [5.41, 5.74) is 7.15. The van der Waals surface area contributed by atoms with E-state index in [1.54, 1.807) is 0 Å². The molecule has 25 heavy (non-hydrogen) atoms. The van der Waals surface area contributed by atoms with Gasteiger partial charge in [0.05, 0.1) is 0 Å². The predicted octanol–water partition coefficient (Wildman–Crippen LogP) is 6.76. The average Bonchev–Trinajstić information content (AvgIpc) is 2.70. The molecule has 0 spiro atoms. The summed E-state index contributed by atoms with van der Waals surface area (Å²) in [7, 11) is 0. The van der Waals surface area contributed by atoms with Crippen molar-refractivity contribution in [1.82, 2.24) is 0 Å². The highest BCUT2D eigenvalue weighted by atomic mass is 14.9. The van der Waals surface area contributed by atoms with Crippen LogP contribution in [0.15, 0.2) is 109 Å². The monoisotopic (exact) mass is 321 g/mol. The van der Waals surface area contributed by atoms with Crippen LogP contribution in [-0.4, -0.2) is 0 Å². The third-order valence-corrected chi connectivity index (χ3v) is 4.27. The van der Waals surface area contributed by atoms with Gasteiger partial charge in [0.1, 0.15) is 0 Å². The molecule has 4 rings (SSSR count). The first-order chi connectivity index (χ1) is 12.4. The molecule has 0 aliphatic rings. The molecule has 0 unspecified atom stereocenters. The molecule has 1 N–H and O–H groups in total. The van der Waals surface area contributed by atoms with Crippen molar-refractivity contribution in [3.05, 3.63) is 109 Å². The molecule has 0 saturated heterocycles. The molecular weight excluding hydrogens is 302 g/mol. The van der Waals surface area contributed by atoms with Gasteiger partial charge < -0.3 is 5.32 Å². The van der Waals surface area contributed by atoms with E-state index in [1.165, 1.54) is 22.3 Å². The Morgan fingerprint density at radius 2 is 0.800 bits per heavy atom. The predicted molar refractivity (Wildman–Crippen MR) is 107 cm³/mol. The van der Waals surface area contributed by atoms with Gasteiger partial charge in [-0.05, 0) is 46.5 Å². The summed E-state index contributed by atoms with van der Waals surface area (Å²) < 4.78 is 0. The topological polar surface area (TPSA) is 12.0 Å². The first-order valence-corrected chi connectivity index (χ1v) is 8.47. The van der Waals surface area contributed by atoms with E-state index in [0.717, 1.165) is 11.4 Å². The van der Waals surface area contributed by atoms with Crippen molar-refractivity contribution in [3.8, 4) is 22.3 Å². The van der Waals surface area contributed by atoms with Crippen LogP contribution in [-0.2, 0) is 0 Å². The third-order valence-electron chi connectivity index (χ3n) is 4.27. The fourth-order valence-electron chi connectivity index (χ4n) is 3.03. The van der Waals surface area contributed by atoms with Crippen LogP contribution in [0.25, 0.3) is 22.3 Å². The van der Waals surface area contributed by atoms with E-state index < -0.39 is 0 Å². The third kappa shape index (κ3) is 3.46. The van der Waals surface area contributed by atoms with Gasteiger partial charge in [0.2, 0.25) is 0 Å². The highest BCUT2D eigenvalue weighted by molar-refractivity contribution is 5.84. The van der Waals surface area contributed by atoms with Crippen LogP contribution < -0.4 is 5.32 Å². The molecule has 0 heterocycles. The van der Waals surface area contributed by atoms with Gasteiger partial charge in [0.15, 0.2) is 0 Å². The molecule has 0 saturated carbocycles. The Labute approximate surface area is 148 Å². The van der Waals surface area contributed by atoms with E-state index in [2.05, 4.69) is 96.3 Å². The fourth-order valence-corrected chi connectivity index (χ4v) is 3.03. The molecule has 0 aliphatic carbocycles. The largest absolute Gasteiger partial charge is 0.356 e. The second kappa shape index (κ2) is 7.06. The zero-order valence-corrected chi connectivity index (χ0v) is 13.9. The van der Waals surface area contributed by atoms with Crippen LogP contribution in [0.4, 0.5) is 11.4 Å². The molecule has 1 nitrogen and oxygen atoms in total. The second-order valence-corrected chi connectivity index (χ2v) is 5.98. The lowest BCUT2D eigenvalue weighted by molar-refractivity contribution is 1.53. The number of hydrogen-bond acceptors (Lipinski definition) is 1. The number of benzene rings is 4. The molecular formula is C24H19N. The molecule has 0 aromatic heterocycles. The van der Waals surface area contributed by atoms with E-state index in [-0.39, 0.29) is 0 Å². The molecule has 0 fully saturated rings. The van der Waals surface area contributed by atoms with E-state index in [0.29, 0.717) is 0 Å². The fraction of sp³-hybridized carbons (Fsp3) is 0. The van der Waals surface area contributed by atoms with Crippen LogP contribution in [0.2, 0.25) is 0 Å². The molecule has 4 aromatic rings. The van der Waals surface area contributed by atoms with Crippen molar-refractivity contribution < 1.29 is 0 Å².